The lowest BCUT2D eigenvalue weighted by Gasteiger charge is -2.23. The van der Waals surface area contributed by atoms with E-state index in [1.165, 1.54) is 29.5 Å². The maximum Gasteiger partial charge on any atom is 0.294 e. The highest BCUT2D eigenvalue weighted by atomic mass is 16.6. The van der Waals surface area contributed by atoms with E-state index in [1.807, 2.05) is 0 Å². The molecule has 0 aliphatic heterocycles. The minimum absolute atomic E-state index is 0.158. The summed E-state index contributed by atoms with van der Waals surface area (Å²) in [6, 6.07) is 16.1. The summed E-state index contributed by atoms with van der Waals surface area (Å²) in [6.07, 6.45) is 3.02. The molecule has 3 aromatic rings. The highest BCUT2D eigenvalue weighted by Gasteiger charge is 2.23. The van der Waals surface area contributed by atoms with Crippen molar-refractivity contribution in [2.75, 3.05) is 5.01 Å². The van der Waals surface area contributed by atoms with Crippen molar-refractivity contribution in [2.45, 2.75) is 0 Å². The van der Waals surface area contributed by atoms with Crippen molar-refractivity contribution in [2.24, 2.45) is 0 Å². The number of carbonyl (C=O) groups is 1. The van der Waals surface area contributed by atoms with Crippen LogP contribution in [0.2, 0.25) is 0 Å². The number of anilines is 2. The third-order valence-electron chi connectivity index (χ3n) is 3.31. The molecular weight excluding hydrogens is 322 g/mol. The third kappa shape index (κ3) is 3.58. The first-order chi connectivity index (χ1) is 12.2. The molecule has 0 atom stereocenters. The Labute approximate surface area is 142 Å². The highest BCUT2D eigenvalue weighted by Crippen LogP contribution is 2.30. The van der Waals surface area contributed by atoms with Gasteiger partial charge in [0.15, 0.2) is 5.82 Å². The Morgan fingerprint density at radius 2 is 1.64 bits per heavy atom. The molecule has 2 aromatic heterocycles. The number of nitro groups is 1. The second-order valence-corrected chi connectivity index (χ2v) is 4.93. The molecule has 0 aliphatic rings. The molecule has 1 amide bonds. The van der Waals surface area contributed by atoms with Gasteiger partial charge in [-0.3, -0.25) is 25.3 Å². The van der Waals surface area contributed by atoms with E-state index in [1.54, 1.807) is 48.5 Å². The molecule has 0 fully saturated rings. The Balaban J connectivity index is 2.03. The molecular formula is C17H13N5O3. The van der Waals surface area contributed by atoms with Gasteiger partial charge in [-0.1, -0.05) is 24.3 Å². The first-order valence-corrected chi connectivity index (χ1v) is 7.33. The van der Waals surface area contributed by atoms with E-state index in [2.05, 4.69) is 15.4 Å². The van der Waals surface area contributed by atoms with E-state index in [9.17, 15) is 14.9 Å². The Bertz CT molecular complexity index is 887. The molecule has 0 spiro atoms. The fourth-order valence-corrected chi connectivity index (χ4v) is 2.19. The third-order valence-corrected chi connectivity index (χ3v) is 3.31. The molecule has 1 N–H and O–H groups in total. The van der Waals surface area contributed by atoms with Crippen molar-refractivity contribution in [1.29, 1.82) is 0 Å². The van der Waals surface area contributed by atoms with E-state index in [-0.39, 0.29) is 17.1 Å². The first kappa shape index (κ1) is 16.1. The molecule has 124 valence electrons. The number of nitro benzene ring substituents is 1. The quantitative estimate of drug-likeness (QED) is 0.568. The fraction of sp³-hybridized carbons (Fsp3) is 0. The van der Waals surface area contributed by atoms with Crippen LogP contribution in [0, 0.1) is 10.1 Å². The van der Waals surface area contributed by atoms with E-state index in [0.29, 0.717) is 5.82 Å². The predicted molar refractivity (Wildman–Crippen MR) is 91.2 cm³/mol. The molecule has 0 radical (unpaired) electrons. The molecule has 0 saturated carbocycles. The van der Waals surface area contributed by atoms with Crippen molar-refractivity contribution in [3.63, 3.8) is 0 Å². The van der Waals surface area contributed by atoms with Crippen LogP contribution in [-0.4, -0.2) is 20.8 Å². The maximum absolute atomic E-state index is 12.5. The SMILES string of the molecule is O=C(NN(c1ccccn1)c1ccccc1[N+](=O)[O-])c1ccccn1. The number of pyridine rings is 2. The number of para-hydroxylation sites is 2. The van der Waals surface area contributed by atoms with E-state index >= 15 is 0 Å². The van der Waals surface area contributed by atoms with Crippen LogP contribution in [0.4, 0.5) is 17.2 Å². The van der Waals surface area contributed by atoms with E-state index in [0.717, 1.165) is 0 Å². The zero-order valence-corrected chi connectivity index (χ0v) is 12.9. The lowest BCUT2D eigenvalue weighted by molar-refractivity contribution is -0.384. The number of benzene rings is 1. The van der Waals surface area contributed by atoms with Crippen LogP contribution < -0.4 is 10.4 Å². The number of rotatable bonds is 5. The number of aromatic nitrogens is 2. The summed E-state index contributed by atoms with van der Waals surface area (Å²) in [5.74, 6) is -0.175. The molecule has 2 heterocycles. The lowest BCUT2D eigenvalue weighted by atomic mass is 10.2. The lowest BCUT2D eigenvalue weighted by Crippen LogP contribution is -2.40. The molecule has 8 heteroatoms. The van der Waals surface area contributed by atoms with Crippen LogP contribution in [0.5, 0.6) is 0 Å². The van der Waals surface area contributed by atoms with Crippen LogP contribution in [0.3, 0.4) is 0 Å². The van der Waals surface area contributed by atoms with E-state index in [4.69, 9.17) is 0 Å². The van der Waals surface area contributed by atoms with Crippen molar-refractivity contribution in [3.8, 4) is 0 Å². The van der Waals surface area contributed by atoms with Gasteiger partial charge in [0.2, 0.25) is 0 Å². The normalized spacial score (nSPS) is 10.1. The van der Waals surface area contributed by atoms with Gasteiger partial charge in [-0.05, 0) is 30.3 Å². The molecule has 0 unspecified atom stereocenters. The van der Waals surface area contributed by atoms with Crippen molar-refractivity contribution >= 4 is 23.1 Å². The molecule has 8 nitrogen and oxygen atoms in total. The van der Waals surface area contributed by atoms with E-state index < -0.39 is 10.8 Å². The summed E-state index contributed by atoms with van der Waals surface area (Å²) in [5, 5.41) is 12.6. The minimum Gasteiger partial charge on any atom is -0.266 e. The van der Waals surface area contributed by atoms with Gasteiger partial charge >= 0.3 is 0 Å². The van der Waals surface area contributed by atoms with Gasteiger partial charge in [0.1, 0.15) is 11.4 Å². The molecule has 25 heavy (non-hydrogen) atoms. The molecule has 3 rings (SSSR count). The van der Waals surface area contributed by atoms with Crippen molar-refractivity contribution < 1.29 is 9.72 Å². The number of nitrogens with one attached hydrogen (secondary N) is 1. The number of amides is 1. The van der Waals surface area contributed by atoms with Crippen molar-refractivity contribution in [3.05, 3.63) is 88.9 Å². The smallest absolute Gasteiger partial charge is 0.266 e. The number of hydrazine groups is 1. The topological polar surface area (TPSA) is 101 Å². The van der Waals surface area contributed by atoms with Gasteiger partial charge in [0.25, 0.3) is 11.6 Å². The van der Waals surface area contributed by atoms with Crippen LogP contribution in [-0.2, 0) is 0 Å². The largest absolute Gasteiger partial charge is 0.294 e. The summed E-state index contributed by atoms with van der Waals surface area (Å²) in [4.78, 5) is 31.5. The second-order valence-electron chi connectivity index (χ2n) is 4.93. The Morgan fingerprint density at radius 1 is 0.960 bits per heavy atom. The Kier molecular flexibility index (Phi) is 4.61. The monoisotopic (exact) mass is 335 g/mol. The minimum atomic E-state index is -0.516. The highest BCUT2D eigenvalue weighted by molar-refractivity contribution is 5.94. The van der Waals surface area contributed by atoms with Crippen molar-refractivity contribution in [1.82, 2.24) is 15.4 Å². The van der Waals surface area contributed by atoms with Crippen LogP contribution in [0.25, 0.3) is 0 Å². The zero-order valence-electron chi connectivity index (χ0n) is 12.9. The fourth-order valence-electron chi connectivity index (χ4n) is 2.19. The predicted octanol–water partition coefficient (Wildman–Crippen LogP) is 2.87. The molecule has 0 saturated heterocycles. The average Bonchev–Trinajstić information content (AvgIpc) is 2.67. The average molecular weight is 335 g/mol. The number of hydrogen-bond donors (Lipinski definition) is 1. The summed E-state index contributed by atoms with van der Waals surface area (Å²) < 4.78 is 0. The van der Waals surface area contributed by atoms with Gasteiger partial charge in [0, 0.05) is 18.5 Å². The summed E-state index contributed by atoms with van der Waals surface area (Å²) in [7, 11) is 0. The second kappa shape index (κ2) is 7.18. The number of nitrogens with zero attached hydrogens (tertiary/aromatic N) is 4. The van der Waals surface area contributed by atoms with Gasteiger partial charge in [-0.25, -0.2) is 9.99 Å². The summed E-state index contributed by atoms with van der Waals surface area (Å²) in [5.41, 5.74) is 2.84. The number of carbonyl (C=O) groups excluding carboxylic acids is 1. The molecule has 1 aromatic carbocycles. The Hall–Kier alpha value is -3.81. The molecule has 0 aliphatic carbocycles. The van der Waals surface area contributed by atoms with Crippen LogP contribution in [0.15, 0.2) is 73.1 Å². The van der Waals surface area contributed by atoms with Gasteiger partial charge in [-0.15, -0.1) is 0 Å². The van der Waals surface area contributed by atoms with Gasteiger partial charge in [0.05, 0.1) is 4.92 Å². The Morgan fingerprint density at radius 3 is 2.28 bits per heavy atom. The van der Waals surface area contributed by atoms with Crippen LogP contribution >= 0.6 is 0 Å². The van der Waals surface area contributed by atoms with Gasteiger partial charge in [-0.2, -0.15) is 0 Å². The maximum atomic E-state index is 12.5. The summed E-state index contributed by atoms with van der Waals surface area (Å²) in [6.45, 7) is 0. The number of hydrogen-bond acceptors (Lipinski definition) is 6. The molecule has 0 bridgehead atoms. The first-order valence-electron chi connectivity index (χ1n) is 7.33. The summed E-state index contributed by atoms with van der Waals surface area (Å²) >= 11 is 0. The van der Waals surface area contributed by atoms with Crippen LogP contribution in [0.1, 0.15) is 10.5 Å². The zero-order chi connectivity index (χ0) is 17.6. The van der Waals surface area contributed by atoms with Gasteiger partial charge < -0.3 is 0 Å². The standard InChI is InChI=1S/C17H13N5O3/c23-17(13-7-3-5-11-18-13)20-21(16-10-4-6-12-19-16)14-8-1-2-9-15(14)22(24)25/h1-12H,(H,20,23).